The number of rotatable bonds is 6. The molecular weight excluding hydrogens is 302 g/mol. The Morgan fingerprint density at radius 1 is 1.18 bits per heavy atom. The van der Waals surface area contributed by atoms with Crippen molar-refractivity contribution >= 4 is 23.2 Å². The highest BCUT2D eigenvalue weighted by Crippen LogP contribution is 2.27. The molecule has 0 aliphatic heterocycles. The van der Waals surface area contributed by atoms with Crippen molar-refractivity contribution in [3.05, 3.63) is 53.6 Å². The van der Waals surface area contributed by atoms with Gasteiger partial charge in [0.05, 0.1) is 7.11 Å². The SMILES string of the molecule is CC[C@@H](Oc1ccccc1OC)C(=O)Nc1cccc(Cl)c1. The summed E-state index contributed by atoms with van der Waals surface area (Å²) in [6, 6.07) is 14.2. The lowest BCUT2D eigenvalue weighted by Gasteiger charge is -2.18. The van der Waals surface area contributed by atoms with Gasteiger partial charge in [-0.25, -0.2) is 0 Å². The summed E-state index contributed by atoms with van der Waals surface area (Å²) in [7, 11) is 1.56. The third kappa shape index (κ3) is 4.15. The Bertz CT molecular complexity index is 645. The summed E-state index contributed by atoms with van der Waals surface area (Å²) in [5, 5.41) is 3.37. The van der Waals surface area contributed by atoms with Crippen molar-refractivity contribution in [3.63, 3.8) is 0 Å². The molecule has 1 amide bonds. The van der Waals surface area contributed by atoms with Gasteiger partial charge in [-0.3, -0.25) is 4.79 Å². The maximum atomic E-state index is 12.3. The van der Waals surface area contributed by atoms with Gasteiger partial charge in [0.2, 0.25) is 0 Å². The molecule has 0 aliphatic carbocycles. The van der Waals surface area contributed by atoms with Crippen molar-refractivity contribution in [3.8, 4) is 11.5 Å². The number of nitrogens with one attached hydrogen (secondary N) is 1. The Hall–Kier alpha value is -2.20. The van der Waals surface area contributed by atoms with Crippen molar-refractivity contribution in [1.29, 1.82) is 0 Å². The average molecular weight is 320 g/mol. The summed E-state index contributed by atoms with van der Waals surface area (Å²) in [5.41, 5.74) is 0.638. The van der Waals surface area contributed by atoms with Crippen LogP contribution in [0.25, 0.3) is 0 Å². The van der Waals surface area contributed by atoms with Crippen molar-refractivity contribution in [2.45, 2.75) is 19.4 Å². The predicted molar refractivity (Wildman–Crippen MR) is 87.8 cm³/mol. The standard InChI is InChI=1S/C17H18ClNO3/c1-3-14(22-16-10-5-4-9-15(16)21-2)17(20)19-13-8-6-7-12(18)11-13/h4-11,14H,3H2,1-2H3,(H,19,20)/t14-/m1/s1. The highest BCUT2D eigenvalue weighted by atomic mass is 35.5. The first-order valence-electron chi connectivity index (χ1n) is 7.00. The van der Waals surface area contributed by atoms with Crippen LogP contribution in [0.4, 0.5) is 5.69 Å². The van der Waals surface area contributed by atoms with Gasteiger partial charge in [0.1, 0.15) is 0 Å². The number of benzene rings is 2. The highest BCUT2D eigenvalue weighted by Gasteiger charge is 2.20. The molecule has 0 bridgehead atoms. The molecule has 0 heterocycles. The third-order valence-electron chi connectivity index (χ3n) is 3.09. The number of methoxy groups -OCH3 is 1. The Morgan fingerprint density at radius 3 is 2.55 bits per heavy atom. The van der Waals surface area contributed by atoms with E-state index in [1.165, 1.54) is 0 Å². The van der Waals surface area contributed by atoms with Gasteiger partial charge >= 0.3 is 0 Å². The van der Waals surface area contributed by atoms with Gasteiger partial charge in [-0.1, -0.05) is 36.7 Å². The van der Waals surface area contributed by atoms with E-state index in [0.717, 1.165) is 0 Å². The van der Waals surface area contributed by atoms with Gasteiger partial charge in [0, 0.05) is 10.7 Å². The summed E-state index contributed by atoms with van der Waals surface area (Å²) in [4.78, 5) is 12.3. The van der Waals surface area contributed by atoms with Crippen molar-refractivity contribution < 1.29 is 14.3 Å². The summed E-state index contributed by atoms with van der Waals surface area (Å²) in [6.07, 6.45) is -0.0833. The lowest BCUT2D eigenvalue weighted by atomic mass is 10.2. The fraction of sp³-hybridized carbons (Fsp3) is 0.235. The van der Waals surface area contributed by atoms with Crippen LogP contribution in [0.5, 0.6) is 11.5 Å². The van der Waals surface area contributed by atoms with Crippen LogP contribution in [0, 0.1) is 0 Å². The number of carbonyl (C=O) groups excluding carboxylic acids is 1. The number of hydrogen-bond donors (Lipinski definition) is 1. The second-order valence-corrected chi connectivity index (χ2v) is 5.10. The van der Waals surface area contributed by atoms with Crippen molar-refractivity contribution in [1.82, 2.24) is 0 Å². The third-order valence-corrected chi connectivity index (χ3v) is 3.33. The normalized spacial score (nSPS) is 11.6. The van der Waals surface area contributed by atoms with E-state index in [9.17, 15) is 4.79 Å². The van der Waals surface area contributed by atoms with Crippen molar-refractivity contribution in [2.24, 2.45) is 0 Å². The average Bonchev–Trinajstić information content (AvgIpc) is 2.52. The smallest absolute Gasteiger partial charge is 0.265 e. The summed E-state index contributed by atoms with van der Waals surface area (Å²) in [6.45, 7) is 1.89. The maximum Gasteiger partial charge on any atom is 0.265 e. The topological polar surface area (TPSA) is 47.6 Å². The van der Waals surface area contributed by atoms with Crippen molar-refractivity contribution in [2.75, 3.05) is 12.4 Å². The van der Waals surface area contributed by atoms with Gasteiger partial charge in [-0.2, -0.15) is 0 Å². The lowest BCUT2D eigenvalue weighted by molar-refractivity contribution is -0.122. The molecule has 0 fully saturated rings. The number of para-hydroxylation sites is 2. The molecule has 0 saturated heterocycles. The van der Waals surface area contributed by atoms with E-state index in [1.807, 2.05) is 19.1 Å². The molecule has 0 aliphatic rings. The summed E-state index contributed by atoms with van der Waals surface area (Å²) in [5.74, 6) is 0.908. The number of amides is 1. The van der Waals surface area contributed by atoms with E-state index < -0.39 is 6.10 Å². The number of halogens is 1. The second-order valence-electron chi connectivity index (χ2n) is 4.67. The molecule has 0 spiro atoms. The first-order valence-corrected chi connectivity index (χ1v) is 7.38. The fourth-order valence-corrected chi connectivity index (χ4v) is 2.17. The molecule has 0 radical (unpaired) electrons. The molecular formula is C17H18ClNO3. The zero-order valence-electron chi connectivity index (χ0n) is 12.5. The van der Waals surface area contributed by atoms with Crippen LogP contribution < -0.4 is 14.8 Å². The predicted octanol–water partition coefficient (Wildman–Crippen LogP) is 4.14. The molecule has 116 valence electrons. The molecule has 0 saturated carbocycles. The number of hydrogen-bond acceptors (Lipinski definition) is 3. The minimum Gasteiger partial charge on any atom is -0.493 e. The van der Waals surface area contributed by atoms with Crippen LogP contribution in [0.3, 0.4) is 0 Å². The molecule has 1 N–H and O–H groups in total. The van der Waals surface area contributed by atoms with Gasteiger partial charge < -0.3 is 14.8 Å². The molecule has 2 aromatic carbocycles. The molecule has 5 heteroatoms. The van der Waals surface area contributed by atoms with E-state index in [2.05, 4.69) is 5.32 Å². The molecule has 2 rings (SSSR count). The number of ether oxygens (including phenoxy) is 2. The van der Waals surface area contributed by atoms with E-state index in [0.29, 0.717) is 28.6 Å². The number of carbonyl (C=O) groups is 1. The number of anilines is 1. The molecule has 2 aromatic rings. The second kappa shape index (κ2) is 7.71. The fourth-order valence-electron chi connectivity index (χ4n) is 1.98. The highest BCUT2D eigenvalue weighted by molar-refractivity contribution is 6.30. The minimum absolute atomic E-state index is 0.226. The lowest BCUT2D eigenvalue weighted by Crippen LogP contribution is -2.32. The van der Waals surface area contributed by atoms with E-state index in [4.69, 9.17) is 21.1 Å². The van der Waals surface area contributed by atoms with Gasteiger partial charge in [-0.15, -0.1) is 0 Å². The quantitative estimate of drug-likeness (QED) is 0.870. The van der Waals surface area contributed by atoms with E-state index >= 15 is 0 Å². The minimum atomic E-state index is -0.615. The van der Waals surface area contributed by atoms with Gasteiger partial charge in [0.15, 0.2) is 17.6 Å². The molecule has 1 atom stereocenters. The largest absolute Gasteiger partial charge is 0.493 e. The molecule has 0 aromatic heterocycles. The monoisotopic (exact) mass is 319 g/mol. The molecule has 4 nitrogen and oxygen atoms in total. The van der Waals surface area contributed by atoms with E-state index in [1.54, 1.807) is 43.5 Å². The zero-order chi connectivity index (χ0) is 15.9. The maximum absolute atomic E-state index is 12.3. The first kappa shape index (κ1) is 16.2. The van der Waals surface area contributed by atoms with Crippen LogP contribution in [-0.4, -0.2) is 19.1 Å². The Balaban J connectivity index is 2.09. The Morgan fingerprint density at radius 2 is 1.91 bits per heavy atom. The van der Waals surface area contributed by atoms with Crippen LogP contribution >= 0.6 is 11.6 Å². The summed E-state index contributed by atoms with van der Waals surface area (Å²) < 4.78 is 11.0. The van der Waals surface area contributed by atoms with Crippen LogP contribution in [-0.2, 0) is 4.79 Å². The van der Waals surface area contributed by atoms with Crippen LogP contribution in [0.15, 0.2) is 48.5 Å². The Kier molecular flexibility index (Phi) is 5.67. The van der Waals surface area contributed by atoms with Crippen LogP contribution in [0.1, 0.15) is 13.3 Å². The van der Waals surface area contributed by atoms with E-state index in [-0.39, 0.29) is 5.91 Å². The van der Waals surface area contributed by atoms with Crippen LogP contribution in [0.2, 0.25) is 5.02 Å². The molecule has 0 unspecified atom stereocenters. The zero-order valence-corrected chi connectivity index (χ0v) is 13.3. The molecule has 22 heavy (non-hydrogen) atoms. The van der Waals surface area contributed by atoms with Gasteiger partial charge in [-0.05, 0) is 36.8 Å². The first-order chi connectivity index (χ1) is 10.6. The Labute approximate surface area is 135 Å². The summed E-state index contributed by atoms with van der Waals surface area (Å²) >= 11 is 5.91. The van der Waals surface area contributed by atoms with Gasteiger partial charge in [0.25, 0.3) is 5.91 Å².